The molecule has 144 valence electrons. The van der Waals surface area contributed by atoms with Gasteiger partial charge in [0.25, 0.3) is 0 Å². The Labute approximate surface area is 167 Å². The van der Waals surface area contributed by atoms with E-state index in [-0.39, 0.29) is 26.4 Å². The van der Waals surface area contributed by atoms with Crippen LogP contribution in [0.2, 0.25) is 0 Å². The fourth-order valence-electron chi connectivity index (χ4n) is 2.65. The molecule has 0 aromatic heterocycles. The lowest BCUT2D eigenvalue weighted by Gasteiger charge is -2.26. The lowest BCUT2D eigenvalue weighted by molar-refractivity contribution is -0.132. The summed E-state index contributed by atoms with van der Waals surface area (Å²) >= 11 is 3.18. The van der Waals surface area contributed by atoms with Crippen LogP contribution in [0.1, 0.15) is 11.6 Å². The van der Waals surface area contributed by atoms with Crippen molar-refractivity contribution in [3.05, 3.63) is 64.0 Å². The number of carboxylic acids is 1. The van der Waals surface area contributed by atoms with Crippen LogP contribution in [0, 0.1) is 5.82 Å². The highest BCUT2D eigenvalue weighted by atomic mass is 79.9. The zero-order chi connectivity index (χ0) is 20.5. The molecule has 8 nitrogen and oxygen atoms in total. The van der Waals surface area contributed by atoms with E-state index in [1.807, 2.05) is 0 Å². The number of nitrogens with one attached hydrogen (secondary N) is 2. The first-order valence-electron chi connectivity index (χ1n) is 7.62. The number of halogens is 2. The molecule has 0 amide bonds. The first-order chi connectivity index (χ1) is 13.2. The molecule has 0 spiro atoms. The minimum absolute atomic E-state index is 0.121. The third-order valence-corrected chi connectivity index (χ3v) is 5.96. The summed E-state index contributed by atoms with van der Waals surface area (Å²) in [6.07, 6.45) is 2.53. The Morgan fingerprint density at radius 3 is 2.57 bits per heavy atom. The molecule has 3 rings (SSSR count). The van der Waals surface area contributed by atoms with Crippen LogP contribution in [-0.2, 0) is 19.6 Å². The number of hydrogen-bond donors (Lipinski definition) is 3. The maximum atomic E-state index is 13.7. The number of fused-ring (bicyclic) bond motifs is 1. The first kappa shape index (κ1) is 19.9. The van der Waals surface area contributed by atoms with Gasteiger partial charge in [-0.05, 0) is 42.5 Å². The fourth-order valence-corrected chi connectivity index (χ4v) is 4.48. The molecule has 0 saturated carbocycles. The highest BCUT2D eigenvalue weighted by Crippen LogP contribution is 2.38. The number of nitrogens with zero attached hydrogens (tertiary/aromatic N) is 1. The van der Waals surface area contributed by atoms with Crippen LogP contribution in [0.3, 0.4) is 0 Å². The summed E-state index contributed by atoms with van der Waals surface area (Å²) in [5, 5.41) is 11.8. The van der Waals surface area contributed by atoms with Crippen LogP contribution >= 0.6 is 15.9 Å². The molecule has 0 fully saturated rings. The van der Waals surface area contributed by atoms with Gasteiger partial charge in [0.1, 0.15) is 11.5 Å². The van der Waals surface area contributed by atoms with Gasteiger partial charge in [0, 0.05) is 15.7 Å². The highest BCUT2D eigenvalue weighted by Gasteiger charge is 2.29. The summed E-state index contributed by atoms with van der Waals surface area (Å²) < 4.78 is 41.8. The van der Waals surface area contributed by atoms with E-state index in [1.165, 1.54) is 36.4 Å². The molecule has 1 atom stereocenters. The second kappa shape index (κ2) is 7.64. The van der Waals surface area contributed by atoms with E-state index in [0.29, 0.717) is 5.56 Å². The molecule has 0 bridgehead atoms. The monoisotopic (exact) mass is 467 g/mol. The minimum atomic E-state index is -4.08. The van der Waals surface area contributed by atoms with Crippen molar-refractivity contribution >= 4 is 49.4 Å². The number of carbonyl (C=O) groups excluding carboxylic acids is 1. The second-order valence-electron chi connectivity index (χ2n) is 5.66. The average Bonchev–Trinajstić information content (AvgIpc) is 2.61. The number of carboxylic acid groups (broad SMARTS) is 1. The van der Waals surface area contributed by atoms with Gasteiger partial charge >= 0.3 is 5.97 Å². The molecular formula is C17H11BrFN3O5S. The van der Waals surface area contributed by atoms with E-state index in [0.717, 1.165) is 12.1 Å². The van der Waals surface area contributed by atoms with Gasteiger partial charge in [-0.2, -0.15) is 9.71 Å². The predicted octanol–water partition coefficient (Wildman–Crippen LogP) is 2.97. The van der Waals surface area contributed by atoms with Crippen LogP contribution in [-0.4, -0.2) is 25.6 Å². The van der Waals surface area contributed by atoms with Crippen LogP contribution in [0.4, 0.5) is 15.8 Å². The highest BCUT2D eigenvalue weighted by molar-refractivity contribution is 9.10. The van der Waals surface area contributed by atoms with Gasteiger partial charge in [-0.1, -0.05) is 15.9 Å². The molecule has 3 N–H and O–H groups in total. The topological polar surface area (TPSA) is 125 Å². The summed E-state index contributed by atoms with van der Waals surface area (Å²) in [5.41, 5.74) is 0.383. The maximum absolute atomic E-state index is 13.7. The minimum Gasteiger partial charge on any atom is -0.477 e. The molecule has 0 aliphatic carbocycles. The predicted molar refractivity (Wildman–Crippen MR) is 101 cm³/mol. The fraction of sp³-hybridized carbons (Fsp3) is 0.0588. The lowest BCUT2D eigenvalue weighted by atomic mass is 10.0. The van der Waals surface area contributed by atoms with E-state index >= 15 is 0 Å². The summed E-state index contributed by atoms with van der Waals surface area (Å²) in [4.78, 5) is 24.9. The van der Waals surface area contributed by atoms with E-state index in [2.05, 4.69) is 31.0 Å². The van der Waals surface area contributed by atoms with Crippen molar-refractivity contribution in [2.45, 2.75) is 10.9 Å². The van der Waals surface area contributed by atoms with Gasteiger partial charge in [0.15, 0.2) is 0 Å². The van der Waals surface area contributed by atoms with Crippen LogP contribution in [0.5, 0.6) is 0 Å². The molecule has 1 aliphatic heterocycles. The second-order valence-corrected chi connectivity index (χ2v) is 8.22. The number of isocyanates is 1. The smallest absolute Gasteiger partial charge is 0.352 e. The zero-order valence-electron chi connectivity index (χ0n) is 13.8. The molecule has 0 saturated heterocycles. The molecular weight excluding hydrogens is 457 g/mol. The molecule has 0 radical (unpaired) electrons. The first-order valence-corrected chi connectivity index (χ1v) is 9.90. The molecule has 2 aromatic rings. The van der Waals surface area contributed by atoms with Crippen molar-refractivity contribution in [3.8, 4) is 0 Å². The van der Waals surface area contributed by atoms with Gasteiger partial charge < -0.3 is 10.4 Å². The summed E-state index contributed by atoms with van der Waals surface area (Å²) in [6.45, 7) is 0. The van der Waals surface area contributed by atoms with Gasteiger partial charge in [0.05, 0.1) is 16.6 Å². The van der Waals surface area contributed by atoms with Gasteiger partial charge in [-0.25, -0.2) is 22.4 Å². The van der Waals surface area contributed by atoms with Crippen molar-refractivity contribution in [2.24, 2.45) is 4.99 Å². The van der Waals surface area contributed by atoms with Crippen molar-refractivity contribution < 1.29 is 27.5 Å². The van der Waals surface area contributed by atoms with Crippen molar-refractivity contribution in [1.29, 1.82) is 0 Å². The number of rotatable bonds is 5. The van der Waals surface area contributed by atoms with Gasteiger partial charge in [-0.3, -0.25) is 0 Å². The average molecular weight is 468 g/mol. The molecule has 28 heavy (non-hydrogen) atoms. The number of benzene rings is 2. The quantitative estimate of drug-likeness (QED) is 0.458. The number of carbonyl (C=O) groups is 1. The number of aliphatic carboxylic acids is 1. The Morgan fingerprint density at radius 1 is 1.29 bits per heavy atom. The van der Waals surface area contributed by atoms with Crippen LogP contribution in [0.15, 0.2) is 62.5 Å². The summed E-state index contributed by atoms with van der Waals surface area (Å²) in [6, 6.07) is 6.26. The standard InChI is InChI=1S/C17H11BrFN3O5S/c18-12-5-9(19)6-13-16(12)14(7-15(21-13)17(24)25)22-28(26,27)11-3-1-10(2-4-11)20-8-23/h1-7,14,21-22H,(H,24,25). The molecule has 1 heterocycles. The van der Waals surface area contributed by atoms with Crippen molar-refractivity contribution in [3.63, 3.8) is 0 Å². The van der Waals surface area contributed by atoms with E-state index in [4.69, 9.17) is 0 Å². The lowest BCUT2D eigenvalue weighted by Crippen LogP contribution is -2.32. The molecule has 2 aromatic carbocycles. The van der Waals surface area contributed by atoms with Gasteiger partial charge in [-0.15, -0.1) is 0 Å². The molecule has 11 heteroatoms. The van der Waals surface area contributed by atoms with E-state index < -0.39 is 27.9 Å². The number of aliphatic imine (C=N–C) groups is 1. The van der Waals surface area contributed by atoms with Crippen LogP contribution < -0.4 is 10.0 Å². The Hall–Kier alpha value is -2.85. The molecule has 1 unspecified atom stereocenters. The third kappa shape index (κ3) is 4.02. The van der Waals surface area contributed by atoms with E-state index in [9.17, 15) is 27.5 Å². The Balaban J connectivity index is 2.02. The normalized spacial score (nSPS) is 15.6. The third-order valence-electron chi connectivity index (χ3n) is 3.84. The maximum Gasteiger partial charge on any atom is 0.352 e. The van der Waals surface area contributed by atoms with Crippen LogP contribution in [0.25, 0.3) is 0 Å². The SMILES string of the molecule is O=C=Nc1ccc(S(=O)(=O)NC2C=C(C(=O)O)Nc3cc(F)cc(Br)c32)cc1. The number of anilines is 1. The zero-order valence-corrected chi connectivity index (χ0v) is 16.2. The number of sulfonamides is 1. The van der Waals surface area contributed by atoms with E-state index in [1.54, 1.807) is 0 Å². The van der Waals surface area contributed by atoms with Gasteiger partial charge in [0.2, 0.25) is 16.1 Å². The summed E-state index contributed by atoms with van der Waals surface area (Å²) in [7, 11) is -4.08. The Bertz CT molecular complexity index is 1140. The Morgan fingerprint density at radius 2 is 1.96 bits per heavy atom. The number of hydrogen-bond acceptors (Lipinski definition) is 6. The summed E-state index contributed by atoms with van der Waals surface area (Å²) in [5.74, 6) is -1.95. The largest absolute Gasteiger partial charge is 0.477 e. The van der Waals surface area contributed by atoms with Crippen molar-refractivity contribution in [1.82, 2.24) is 4.72 Å². The van der Waals surface area contributed by atoms with Crippen molar-refractivity contribution in [2.75, 3.05) is 5.32 Å². The Kier molecular flexibility index (Phi) is 5.43. The molecule has 1 aliphatic rings.